The number of amides is 1. The normalized spacial score (nSPS) is 21.3. The quantitative estimate of drug-likeness (QED) is 0.887. The minimum atomic E-state index is -0.746. The Labute approximate surface area is 123 Å². The summed E-state index contributed by atoms with van der Waals surface area (Å²) in [7, 11) is 0. The van der Waals surface area contributed by atoms with Crippen molar-refractivity contribution in [1.82, 2.24) is 5.32 Å². The number of hydrogen-bond acceptors (Lipinski definition) is 3. The first kappa shape index (κ1) is 15.0. The molecular weight excluding hydrogens is 268 g/mol. The third-order valence-electron chi connectivity index (χ3n) is 3.88. The van der Waals surface area contributed by atoms with Crippen LogP contribution in [0.1, 0.15) is 41.6 Å². The van der Waals surface area contributed by atoms with Crippen molar-refractivity contribution in [3.63, 3.8) is 0 Å². The van der Waals surface area contributed by atoms with Crippen molar-refractivity contribution in [2.45, 2.75) is 38.1 Å². The van der Waals surface area contributed by atoms with Crippen LogP contribution >= 0.6 is 0 Å². The van der Waals surface area contributed by atoms with E-state index in [4.69, 9.17) is 10.4 Å². The third kappa shape index (κ3) is 4.06. The van der Waals surface area contributed by atoms with Gasteiger partial charge in [-0.3, -0.25) is 9.59 Å². The van der Waals surface area contributed by atoms with Gasteiger partial charge in [-0.1, -0.05) is 12.1 Å². The van der Waals surface area contributed by atoms with E-state index < -0.39 is 5.97 Å². The van der Waals surface area contributed by atoms with E-state index in [0.29, 0.717) is 31.2 Å². The molecule has 0 heterocycles. The molecule has 1 amide bonds. The van der Waals surface area contributed by atoms with Crippen LogP contribution in [0.5, 0.6) is 0 Å². The zero-order valence-corrected chi connectivity index (χ0v) is 11.7. The van der Waals surface area contributed by atoms with E-state index in [0.717, 1.165) is 5.56 Å². The van der Waals surface area contributed by atoms with E-state index in [1.165, 1.54) is 0 Å². The zero-order chi connectivity index (χ0) is 15.2. The van der Waals surface area contributed by atoms with Crippen LogP contribution in [-0.2, 0) is 11.2 Å². The molecule has 0 aliphatic heterocycles. The molecule has 5 heteroatoms. The Kier molecular flexibility index (Phi) is 4.94. The van der Waals surface area contributed by atoms with Crippen LogP contribution in [0.25, 0.3) is 0 Å². The maximum Gasteiger partial charge on any atom is 0.306 e. The highest BCUT2D eigenvalue weighted by molar-refractivity contribution is 5.94. The summed E-state index contributed by atoms with van der Waals surface area (Å²) in [5, 5.41) is 20.6. The van der Waals surface area contributed by atoms with Crippen molar-refractivity contribution in [3.8, 4) is 6.07 Å². The number of hydrogen-bond donors (Lipinski definition) is 2. The van der Waals surface area contributed by atoms with Crippen molar-refractivity contribution >= 4 is 11.9 Å². The minimum absolute atomic E-state index is 0.0349. The van der Waals surface area contributed by atoms with Crippen LogP contribution in [0.15, 0.2) is 24.3 Å². The second kappa shape index (κ2) is 6.89. The largest absolute Gasteiger partial charge is 0.481 e. The first-order valence-electron chi connectivity index (χ1n) is 7.09. The first-order chi connectivity index (χ1) is 10.1. The average Bonchev–Trinajstić information content (AvgIpc) is 2.48. The second-order valence-corrected chi connectivity index (χ2v) is 5.40. The van der Waals surface area contributed by atoms with E-state index in [1.807, 2.05) is 6.07 Å². The van der Waals surface area contributed by atoms with E-state index in [1.54, 1.807) is 18.2 Å². The number of carbonyl (C=O) groups is 2. The molecule has 0 atom stereocenters. The third-order valence-corrected chi connectivity index (χ3v) is 3.88. The molecule has 1 aromatic rings. The molecule has 1 aliphatic rings. The molecule has 110 valence electrons. The number of nitrogens with one attached hydrogen (secondary N) is 1. The number of rotatable bonds is 4. The number of carbonyl (C=O) groups excluding carboxylic acids is 1. The molecule has 0 aromatic heterocycles. The molecule has 2 rings (SSSR count). The lowest BCUT2D eigenvalue weighted by Crippen LogP contribution is -2.38. The van der Waals surface area contributed by atoms with Gasteiger partial charge in [0.1, 0.15) is 0 Å². The zero-order valence-electron chi connectivity index (χ0n) is 11.7. The summed E-state index contributed by atoms with van der Waals surface area (Å²) in [4.78, 5) is 23.1. The monoisotopic (exact) mass is 286 g/mol. The Hall–Kier alpha value is -2.35. The fourth-order valence-electron chi connectivity index (χ4n) is 2.67. The van der Waals surface area contributed by atoms with Crippen molar-refractivity contribution in [2.24, 2.45) is 5.92 Å². The standard InChI is InChI=1S/C16H18N2O3/c17-9-8-11-2-1-3-13(10-11)15(19)18-14-6-4-12(5-7-14)16(20)21/h1-3,10,12,14H,4-8H2,(H,18,19)(H,20,21). The van der Waals surface area contributed by atoms with Gasteiger partial charge in [0, 0.05) is 11.6 Å². The highest BCUT2D eigenvalue weighted by atomic mass is 16.4. The molecule has 1 aromatic carbocycles. The predicted octanol–water partition coefficient (Wildman–Crippen LogP) is 2.13. The van der Waals surface area contributed by atoms with E-state index >= 15 is 0 Å². The maximum absolute atomic E-state index is 12.2. The van der Waals surface area contributed by atoms with Gasteiger partial charge >= 0.3 is 5.97 Å². The van der Waals surface area contributed by atoms with Crippen LogP contribution in [0.3, 0.4) is 0 Å². The predicted molar refractivity (Wildman–Crippen MR) is 76.6 cm³/mol. The van der Waals surface area contributed by atoms with Crippen LogP contribution in [0, 0.1) is 17.2 Å². The van der Waals surface area contributed by atoms with Crippen molar-refractivity contribution in [3.05, 3.63) is 35.4 Å². The fraction of sp³-hybridized carbons (Fsp3) is 0.438. The number of nitrogens with zero attached hydrogens (tertiary/aromatic N) is 1. The molecule has 0 unspecified atom stereocenters. The highest BCUT2D eigenvalue weighted by Crippen LogP contribution is 2.24. The fourth-order valence-corrected chi connectivity index (χ4v) is 2.67. The van der Waals surface area contributed by atoms with Crippen molar-refractivity contribution in [2.75, 3.05) is 0 Å². The molecule has 0 saturated heterocycles. The lowest BCUT2D eigenvalue weighted by atomic mass is 9.86. The van der Waals surface area contributed by atoms with Gasteiger partial charge in [0.05, 0.1) is 18.4 Å². The van der Waals surface area contributed by atoms with Gasteiger partial charge in [0.2, 0.25) is 0 Å². The Morgan fingerprint density at radius 2 is 2.00 bits per heavy atom. The molecule has 1 aliphatic carbocycles. The van der Waals surface area contributed by atoms with E-state index in [-0.39, 0.29) is 24.3 Å². The van der Waals surface area contributed by atoms with Gasteiger partial charge in [0.25, 0.3) is 5.91 Å². The average molecular weight is 286 g/mol. The first-order valence-corrected chi connectivity index (χ1v) is 7.09. The van der Waals surface area contributed by atoms with Crippen LogP contribution in [-0.4, -0.2) is 23.0 Å². The molecule has 0 bridgehead atoms. The molecule has 1 fully saturated rings. The Morgan fingerprint density at radius 3 is 2.62 bits per heavy atom. The summed E-state index contributed by atoms with van der Waals surface area (Å²) in [6.07, 6.45) is 2.88. The summed E-state index contributed by atoms with van der Waals surface area (Å²) in [6.45, 7) is 0. The summed E-state index contributed by atoms with van der Waals surface area (Å²) in [5.74, 6) is -1.19. The molecule has 1 saturated carbocycles. The van der Waals surface area contributed by atoms with Crippen molar-refractivity contribution < 1.29 is 14.7 Å². The van der Waals surface area contributed by atoms with Crippen LogP contribution in [0.2, 0.25) is 0 Å². The van der Waals surface area contributed by atoms with Gasteiger partial charge in [-0.25, -0.2) is 0 Å². The summed E-state index contributed by atoms with van der Waals surface area (Å²) in [5.41, 5.74) is 1.36. The molecule has 2 N–H and O–H groups in total. The topological polar surface area (TPSA) is 90.2 Å². The minimum Gasteiger partial charge on any atom is -0.481 e. The summed E-state index contributed by atoms with van der Waals surface area (Å²) < 4.78 is 0. The van der Waals surface area contributed by atoms with Gasteiger partial charge in [-0.05, 0) is 43.4 Å². The van der Waals surface area contributed by atoms with Crippen LogP contribution in [0.4, 0.5) is 0 Å². The Morgan fingerprint density at radius 1 is 1.29 bits per heavy atom. The van der Waals surface area contributed by atoms with Crippen LogP contribution < -0.4 is 5.32 Å². The molecule has 5 nitrogen and oxygen atoms in total. The highest BCUT2D eigenvalue weighted by Gasteiger charge is 2.26. The maximum atomic E-state index is 12.2. The number of benzene rings is 1. The Balaban J connectivity index is 1.92. The number of nitriles is 1. The lowest BCUT2D eigenvalue weighted by Gasteiger charge is -2.26. The summed E-state index contributed by atoms with van der Waals surface area (Å²) in [6, 6.07) is 9.12. The molecule has 0 radical (unpaired) electrons. The molecule has 21 heavy (non-hydrogen) atoms. The second-order valence-electron chi connectivity index (χ2n) is 5.40. The van der Waals surface area contributed by atoms with Crippen molar-refractivity contribution in [1.29, 1.82) is 5.26 Å². The van der Waals surface area contributed by atoms with Gasteiger partial charge in [0.15, 0.2) is 0 Å². The number of carboxylic acid groups (broad SMARTS) is 1. The molecular formula is C16H18N2O3. The van der Waals surface area contributed by atoms with E-state index in [9.17, 15) is 9.59 Å². The summed E-state index contributed by atoms with van der Waals surface area (Å²) >= 11 is 0. The number of carboxylic acids is 1. The lowest BCUT2D eigenvalue weighted by molar-refractivity contribution is -0.142. The molecule has 0 spiro atoms. The Bertz CT molecular complexity index is 569. The van der Waals surface area contributed by atoms with Gasteiger partial charge in [-0.15, -0.1) is 0 Å². The van der Waals surface area contributed by atoms with E-state index in [2.05, 4.69) is 11.4 Å². The van der Waals surface area contributed by atoms with Gasteiger partial charge in [-0.2, -0.15) is 5.26 Å². The SMILES string of the molecule is N#CCc1cccc(C(=O)NC2CCC(C(=O)O)CC2)c1. The number of aliphatic carboxylic acids is 1. The smallest absolute Gasteiger partial charge is 0.306 e. The van der Waals surface area contributed by atoms with Gasteiger partial charge < -0.3 is 10.4 Å².